The summed E-state index contributed by atoms with van der Waals surface area (Å²) in [6, 6.07) is 10.5. The van der Waals surface area contributed by atoms with Gasteiger partial charge in [-0.05, 0) is 54.7 Å². The molecule has 0 amide bonds. The third-order valence-electron chi connectivity index (χ3n) is 3.87. The molecule has 1 heterocycles. The molecule has 3 nitrogen and oxygen atoms in total. The van der Waals surface area contributed by atoms with Gasteiger partial charge < -0.3 is 9.67 Å². The molecule has 0 saturated heterocycles. The predicted molar refractivity (Wildman–Crippen MR) is 90.6 cm³/mol. The van der Waals surface area contributed by atoms with Crippen LogP contribution in [0, 0.1) is 13.8 Å². The minimum absolute atomic E-state index is 0.134. The number of aromatic nitrogens is 1. The molecule has 2 rings (SSSR count). The molecule has 0 spiro atoms. The highest BCUT2D eigenvalue weighted by atomic mass is 16.4. The van der Waals surface area contributed by atoms with Gasteiger partial charge in [0.25, 0.3) is 0 Å². The molecule has 0 aliphatic heterocycles. The summed E-state index contributed by atoms with van der Waals surface area (Å²) in [4.78, 5) is 10.7. The number of hydrogen-bond acceptors (Lipinski definition) is 1. The highest BCUT2D eigenvalue weighted by Gasteiger charge is 2.14. The second-order valence-corrected chi connectivity index (χ2v) is 6.63. The fourth-order valence-corrected chi connectivity index (χ4v) is 2.63. The number of nitrogens with zero attached hydrogens (tertiary/aromatic N) is 1. The number of carboxylic acid groups (broad SMARTS) is 1. The molecular weight excluding hydrogens is 274 g/mol. The first-order valence-corrected chi connectivity index (χ1v) is 7.41. The largest absolute Gasteiger partial charge is 0.478 e. The van der Waals surface area contributed by atoms with Crippen molar-refractivity contribution in [1.29, 1.82) is 0 Å². The highest BCUT2D eigenvalue weighted by molar-refractivity contribution is 5.85. The van der Waals surface area contributed by atoms with E-state index in [0.717, 1.165) is 22.6 Å². The van der Waals surface area contributed by atoms with Gasteiger partial charge >= 0.3 is 5.97 Å². The van der Waals surface area contributed by atoms with Crippen molar-refractivity contribution in [3.63, 3.8) is 0 Å². The summed E-state index contributed by atoms with van der Waals surface area (Å²) in [6.45, 7) is 10.6. The summed E-state index contributed by atoms with van der Waals surface area (Å²) >= 11 is 0. The van der Waals surface area contributed by atoms with E-state index in [1.165, 1.54) is 11.6 Å². The number of benzene rings is 1. The first-order chi connectivity index (χ1) is 10.2. The van der Waals surface area contributed by atoms with Crippen LogP contribution >= 0.6 is 0 Å². The number of rotatable bonds is 3. The van der Waals surface area contributed by atoms with Gasteiger partial charge in [-0.3, -0.25) is 0 Å². The molecule has 0 aliphatic rings. The van der Waals surface area contributed by atoms with Crippen LogP contribution in [0.2, 0.25) is 0 Å². The van der Waals surface area contributed by atoms with E-state index in [0.29, 0.717) is 0 Å². The van der Waals surface area contributed by atoms with E-state index in [9.17, 15) is 4.79 Å². The van der Waals surface area contributed by atoms with E-state index in [4.69, 9.17) is 5.11 Å². The lowest BCUT2D eigenvalue weighted by Gasteiger charge is -2.20. The third kappa shape index (κ3) is 3.30. The van der Waals surface area contributed by atoms with Crippen molar-refractivity contribution in [2.24, 2.45) is 0 Å². The lowest BCUT2D eigenvalue weighted by molar-refractivity contribution is -0.131. The molecule has 0 unspecified atom stereocenters. The van der Waals surface area contributed by atoms with Crippen molar-refractivity contribution in [2.75, 3.05) is 0 Å². The van der Waals surface area contributed by atoms with Gasteiger partial charge in [0.15, 0.2) is 0 Å². The van der Waals surface area contributed by atoms with E-state index in [1.807, 2.05) is 19.9 Å². The Hall–Kier alpha value is -2.29. The van der Waals surface area contributed by atoms with Crippen molar-refractivity contribution < 1.29 is 9.90 Å². The fraction of sp³-hybridized carbons (Fsp3) is 0.316. The highest BCUT2D eigenvalue weighted by Crippen LogP contribution is 2.26. The third-order valence-corrected chi connectivity index (χ3v) is 3.87. The molecule has 0 atom stereocenters. The first-order valence-electron chi connectivity index (χ1n) is 7.41. The average Bonchev–Trinajstić information content (AvgIpc) is 2.70. The number of carbonyl (C=O) groups is 1. The average molecular weight is 297 g/mol. The minimum Gasteiger partial charge on any atom is -0.478 e. The summed E-state index contributed by atoms with van der Waals surface area (Å²) in [5, 5.41) is 8.77. The van der Waals surface area contributed by atoms with Crippen LogP contribution in [0.4, 0.5) is 0 Å². The van der Waals surface area contributed by atoms with Gasteiger partial charge in [0.2, 0.25) is 0 Å². The summed E-state index contributed by atoms with van der Waals surface area (Å²) in [6.07, 6.45) is 2.82. The number of hydrogen-bond donors (Lipinski definition) is 1. The Morgan fingerprint density at radius 1 is 1.14 bits per heavy atom. The normalized spacial score (nSPS) is 12.0. The molecule has 22 heavy (non-hydrogen) atoms. The smallest absolute Gasteiger partial charge is 0.328 e. The van der Waals surface area contributed by atoms with Crippen LogP contribution in [-0.4, -0.2) is 15.6 Å². The summed E-state index contributed by atoms with van der Waals surface area (Å²) in [7, 11) is 0. The van der Waals surface area contributed by atoms with Crippen LogP contribution in [0.1, 0.15) is 43.3 Å². The Morgan fingerprint density at radius 3 is 2.23 bits per heavy atom. The van der Waals surface area contributed by atoms with Gasteiger partial charge in [-0.25, -0.2) is 4.79 Å². The maximum absolute atomic E-state index is 10.7. The van der Waals surface area contributed by atoms with Crippen LogP contribution in [0.5, 0.6) is 0 Å². The molecule has 0 aliphatic carbocycles. The van der Waals surface area contributed by atoms with Crippen LogP contribution in [-0.2, 0) is 10.2 Å². The minimum atomic E-state index is -0.931. The topological polar surface area (TPSA) is 42.2 Å². The zero-order valence-electron chi connectivity index (χ0n) is 13.8. The van der Waals surface area contributed by atoms with Gasteiger partial charge in [-0.1, -0.05) is 32.9 Å². The number of aliphatic carboxylic acids is 1. The lowest BCUT2D eigenvalue weighted by atomic mass is 9.87. The quantitative estimate of drug-likeness (QED) is 0.848. The zero-order chi connectivity index (χ0) is 16.5. The molecule has 3 heteroatoms. The Morgan fingerprint density at radius 2 is 1.73 bits per heavy atom. The van der Waals surface area contributed by atoms with Gasteiger partial charge in [0, 0.05) is 23.2 Å². The van der Waals surface area contributed by atoms with Crippen LogP contribution < -0.4 is 0 Å². The van der Waals surface area contributed by atoms with Crippen LogP contribution in [0.3, 0.4) is 0 Å². The van der Waals surface area contributed by atoms with E-state index in [1.54, 1.807) is 6.08 Å². The molecule has 2 aromatic rings. The second kappa shape index (κ2) is 5.84. The predicted octanol–water partition coefficient (Wildman–Crippen LogP) is 4.49. The van der Waals surface area contributed by atoms with E-state index in [2.05, 4.69) is 49.6 Å². The van der Waals surface area contributed by atoms with Gasteiger partial charge in [-0.15, -0.1) is 0 Å². The van der Waals surface area contributed by atoms with Crippen molar-refractivity contribution in [1.82, 2.24) is 4.57 Å². The summed E-state index contributed by atoms with van der Waals surface area (Å²) in [5.74, 6) is -0.931. The van der Waals surface area contributed by atoms with Crippen molar-refractivity contribution >= 4 is 12.0 Å². The van der Waals surface area contributed by atoms with Crippen LogP contribution in [0.15, 0.2) is 36.4 Å². The fourth-order valence-electron chi connectivity index (χ4n) is 2.63. The summed E-state index contributed by atoms with van der Waals surface area (Å²) in [5.41, 5.74) is 5.58. The Kier molecular flexibility index (Phi) is 4.27. The van der Waals surface area contributed by atoms with E-state index >= 15 is 0 Å². The molecule has 1 aromatic heterocycles. The van der Waals surface area contributed by atoms with Gasteiger partial charge in [0.05, 0.1) is 0 Å². The molecule has 0 saturated carbocycles. The molecule has 0 radical (unpaired) electrons. The van der Waals surface area contributed by atoms with E-state index in [-0.39, 0.29) is 5.41 Å². The number of aryl methyl sites for hydroxylation is 1. The van der Waals surface area contributed by atoms with Crippen molar-refractivity contribution in [2.45, 2.75) is 40.0 Å². The van der Waals surface area contributed by atoms with Crippen LogP contribution in [0.25, 0.3) is 11.8 Å². The maximum atomic E-state index is 10.7. The second-order valence-electron chi connectivity index (χ2n) is 6.63. The molecule has 116 valence electrons. The Balaban J connectivity index is 2.43. The van der Waals surface area contributed by atoms with Crippen molar-refractivity contribution in [3.8, 4) is 5.69 Å². The number of carboxylic acids is 1. The lowest BCUT2D eigenvalue weighted by Crippen LogP contribution is -2.11. The van der Waals surface area contributed by atoms with Gasteiger partial charge in [-0.2, -0.15) is 0 Å². The molecule has 1 aromatic carbocycles. The SMILES string of the molecule is Cc1cc(/C=C/C(=O)O)c(C)n1-c1ccc(C(C)(C)C)cc1. The molecule has 0 bridgehead atoms. The Bertz CT molecular complexity index is 713. The summed E-state index contributed by atoms with van der Waals surface area (Å²) < 4.78 is 2.15. The van der Waals surface area contributed by atoms with Gasteiger partial charge in [0.1, 0.15) is 0 Å². The Labute approximate surface area is 131 Å². The van der Waals surface area contributed by atoms with E-state index < -0.39 is 5.97 Å². The maximum Gasteiger partial charge on any atom is 0.328 e. The monoisotopic (exact) mass is 297 g/mol. The van der Waals surface area contributed by atoms with Crippen molar-refractivity contribution in [3.05, 3.63) is 58.9 Å². The standard InChI is InChI=1S/C19H23NO2/c1-13-12-15(6-11-18(21)22)14(2)20(13)17-9-7-16(8-10-17)19(3,4)5/h6-12H,1-5H3,(H,21,22)/b11-6+. The first kappa shape index (κ1) is 16.1. The molecule has 1 N–H and O–H groups in total. The molecular formula is C19H23NO2. The molecule has 0 fully saturated rings. The zero-order valence-corrected chi connectivity index (χ0v) is 13.8.